The Morgan fingerprint density at radius 3 is 2.58 bits per heavy atom. The summed E-state index contributed by atoms with van der Waals surface area (Å²) in [5, 5.41) is 1.10. The number of para-hydroxylation sites is 1. The highest BCUT2D eigenvalue weighted by atomic mass is 19.1. The predicted molar refractivity (Wildman–Crippen MR) is 118 cm³/mol. The Hall–Kier alpha value is -3.74. The van der Waals surface area contributed by atoms with E-state index in [2.05, 4.69) is 19.9 Å². The fraction of sp³-hybridized carbons (Fsp3) is 0.208. The third-order valence-electron chi connectivity index (χ3n) is 5.77. The second-order valence-electron chi connectivity index (χ2n) is 7.67. The highest BCUT2D eigenvalue weighted by Crippen LogP contribution is 2.23. The van der Waals surface area contributed by atoms with Crippen LogP contribution in [0.5, 0.6) is 0 Å². The lowest BCUT2D eigenvalue weighted by molar-refractivity contribution is -0.130. The van der Waals surface area contributed by atoms with Gasteiger partial charge < -0.3 is 14.8 Å². The van der Waals surface area contributed by atoms with E-state index in [0.717, 1.165) is 33.5 Å². The van der Waals surface area contributed by atoms with E-state index < -0.39 is 0 Å². The van der Waals surface area contributed by atoms with Gasteiger partial charge in [-0.25, -0.2) is 14.4 Å². The van der Waals surface area contributed by atoms with Gasteiger partial charge in [-0.15, -0.1) is 0 Å². The minimum absolute atomic E-state index is 0.138. The van der Waals surface area contributed by atoms with Gasteiger partial charge in [-0.2, -0.15) is 0 Å². The average Bonchev–Trinajstić information content (AvgIpc) is 3.22. The number of nitrogens with zero attached hydrogens (tertiary/aromatic N) is 4. The smallest absolute Gasteiger partial charge is 0.227 e. The minimum Gasteiger partial charge on any atom is -0.361 e. The Labute approximate surface area is 179 Å². The van der Waals surface area contributed by atoms with Crippen LogP contribution >= 0.6 is 0 Å². The standard InChI is InChI=1S/C24H22FN5O/c25-19-7-5-17(6-8-19)22-14-23(28-16-27-22)29-9-11-30(12-10-29)24(31)13-18-15-26-21-4-2-1-3-20(18)21/h1-8,14-16,26H,9-13H2. The van der Waals surface area contributed by atoms with Gasteiger partial charge in [0.1, 0.15) is 18.0 Å². The number of amides is 1. The molecule has 2 aromatic carbocycles. The molecule has 7 heteroatoms. The summed E-state index contributed by atoms with van der Waals surface area (Å²) in [6.45, 7) is 2.72. The predicted octanol–water partition coefficient (Wildman–Crippen LogP) is 3.66. The number of halogens is 1. The highest BCUT2D eigenvalue weighted by Gasteiger charge is 2.23. The molecule has 1 aliphatic heterocycles. The molecular weight excluding hydrogens is 393 g/mol. The van der Waals surface area contributed by atoms with Gasteiger partial charge in [0.2, 0.25) is 5.91 Å². The van der Waals surface area contributed by atoms with Crippen molar-refractivity contribution in [3.63, 3.8) is 0 Å². The molecule has 1 amide bonds. The van der Waals surface area contributed by atoms with Crippen molar-refractivity contribution in [2.45, 2.75) is 6.42 Å². The number of aromatic nitrogens is 3. The molecule has 1 aliphatic rings. The fourth-order valence-electron chi connectivity index (χ4n) is 4.04. The molecule has 1 N–H and O–H groups in total. The number of piperazine rings is 1. The maximum Gasteiger partial charge on any atom is 0.227 e. The van der Waals surface area contributed by atoms with Crippen molar-refractivity contribution >= 4 is 22.6 Å². The van der Waals surface area contributed by atoms with Crippen LogP contribution < -0.4 is 4.90 Å². The van der Waals surface area contributed by atoms with E-state index in [1.54, 1.807) is 12.1 Å². The Morgan fingerprint density at radius 1 is 1.00 bits per heavy atom. The van der Waals surface area contributed by atoms with Crippen LogP contribution in [0.4, 0.5) is 10.2 Å². The maximum absolute atomic E-state index is 13.2. The fourth-order valence-corrected chi connectivity index (χ4v) is 4.04. The zero-order chi connectivity index (χ0) is 21.2. The van der Waals surface area contributed by atoms with Crippen LogP contribution in [0.2, 0.25) is 0 Å². The lowest BCUT2D eigenvalue weighted by Crippen LogP contribution is -2.49. The number of anilines is 1. The number of aromatic amines is 1. The molecule has 6 nitrogen and oxygen atoms in total. The van der Waals surface area contributed by atoms with Crippen LogP contribution in [0.15, 0.2) is 67.1 Å². The molecule has 156 valence electrons. The lowest BCUT2D eigenvalue weighted by atomic mass is 10.1. The normalized spacial score (nSPS) is 14.2. The number of nitrogens with one attached hydrogen (secondary N) is 1. The quantitative estimate of drug-likeness (QED) is 0.553. The molecule has 0 spiro atoms. The highest BCUT2D eigenvalue weighted by molar-refractivity contribution is 5.89. The van der Waals surface area contributed by atoms with Crippen molar-refractivity contribution in [1.29, 1.82) is 0 Å². The van der Waals surface area contributed by atoms with Crippen LogP contribution in [0.3, 0.4) is 0 Å². The second kappa shape index (κ2) is 8.18. The van der Waals surface area contributed by atoms with Gasteiger partial charge in [0, 0.05) is 54.9 Å². The van der Waals surface area contributed by atoms with Gasteiger partial charge in [-0.1, -0.05) is 18.2 Å². The molecule has 31 heavy (non-hydrogen) atoms. The summed E-state index contributed by atoms with van der Waals surface area (Å²) in [6, 6.07) is 16.2. The molecule has 0 atom stereocenters. The second-order valence-corrected chi connectivity index (χ2v) is 7.67. The van der Waals surface area contributed by atoms with Crippen molar-refractivity contribution in [1.82, 2.24) is 19.9 Å². The largest absolute Gasteiger partial charge is 0.361 e. The zero-order valence-electron chi connectivity index (χ0n) is 17.0. The number of fused-ring (bicyclic) bond motifs is 1. The van der Waals surface area contributed by atoms with Crippen molar-refractivity contribution in [2.24, 2.45) is 0 Å². The SMILES string of the molecule is O=C(Cc1c[nH]c2ccccc12)N1CCN(c2cc(-c3ccc(F)cc3)ncn2)CC1. The Bertz CT molecular complexity index is 1210. The van der Waals surface area contributed by atoms with Gasteiger partial charge in [-0.3, -0.25) is 4.79 Å². The first-order valence-electron chi connectivity index (χ1n) is 10.3. The lowest BCUT2D eigenvalue weighted by Gasteiger charge is -2.35. The molecule has 0 saturated carbocycles. The molecule has 0 bridgehead atoms. The molecule has 0 unspecified atom stereocenters. The zero-order valence-corrected chi connectivity index (χ0v) is 17.0. The van der Waals surface area contributed by atoms with Gasteiger partial charge >= 0.3 is 0 Å². The maximum atomic E-state index is 13.2. The molecule has 3 heterocycles. The van der Waals surface area contributed by atoms with E-state index in [1.165, 1.54) is 18.5 Å². The summed E-state index contributed by atoms with van der Waals surface area (Å²) in [4.78, 5) is 28.9. The minimum atomic E-state index is -0.272. The summed E-state index contributed by atoms with van der Waals surface area (Å²) in [5.74, 6) is 0.684. The number of rotatable bonds is 4. The van der Waals surface area contributed by atoms with Gasteiger partial charge in [-0.05, 0) is 35.9 Å². The molecule has 1 saturated heterocycles. The molecular formula is C24H22FN5O. The topological polar surface area (TPSA) is 65.1 Å². The molecule has 4 aromatic rings. The van der Waals surface area contributed by atoms with Crippen LogP contribution in [-0.2, 0) is 11.2 Å². The first-order valence-corrected chi connectivity index (χ1v) is 10.3. The van der Waals surface area contributed by atoms with Crippen LogP contribution in [0.1, 0.15) is 5.56 Å². The van der Waals surface area contributed by atoms with Crippen molar-refractivity contribution in [3.8, 4) is 11.3 Å². The third-order valence-corrected chi connectivity index (χ3v) is 5.77. The monoisotopic (exact) mass is 415 g/mol. The summed E-state index contributed by atoms with van der Waals surface area (Å²) in [6.07, 6.45) is 3.85. The van der Waals surface area contributed by atoms with E-state index in [9.17, 15) is 9.18 Å². The summed E-state index contributed by atoms with van der Waals surface area (Å²) in [7, 11) is 0. The Kier molecular flexibility index (Phi) is 5.08. The van der Waals surface area contributed by atoms with E-state index in [1.807, 2.05) is 41.4 Å². The van der Waals surface area contributed by atoms with E-state index in [-0.39, 0.29) is 11.7 Å². The number of hydrogen-bond acceptors (Lipinski definition) is 4. The van der Waals surface area contributed by atoms with Crippen molar-refractivity contribution < 1.29 is 9.18 Å². The number of carbonyl (C=O) groups excluding carboxylic acids is 1. The first-order chi connectivity index (χ1) is 15.2. The van der Waals surface area contributed by atoms with E-state index in [0.29, 0.717) is 32.6 Å². The molecule has 5 rings (SSSR count). The van der Waals surface area contributed by atoms with Crippen molar-refractivity contribution in [2.75, 3.05) is 31.1 Å². The summed E-state index contributed by atoms with van der Waals surface area (Å²) >= 11 is 0. The summed E-state index contributed by atoms with van der Waals surface area (Å²) in [5.41, 5.74) is 3.68. The van der Waals surface area contributed by atoms with E-state index >= 15 is 0 Å². The molecule has 0 radical (unpaired) electrons. The summed E-state index contributed by atoms with van der Waals surface area (Å²) < 4.78 is 13.2. The van der Waals surface area contributed by atoms with E-state index in [4.69, 9.17) is 0 Å². The van der Waals surface area contributed by atoms with Crippen molar-refractivity contribution in [3.05, 3.63) is 78.5 Å². The van der Waals surface area contributed by atoms with Gasteiger partial charge in [0.25, 0.3) is 0 Å². The average molecular weight is 415 g/mol. The molecule has 0 aliphatic carbocycles. The Morgan fingerprint density at radius 2 is 1.77 bits per heavy atom. The third kappa shape index (κ3) is 3.99. The van der Waals surface area contributed by atoms with Crippen LogP contribution in [-0.4, -0.2) is 51.9 Å². The van der Waals surface area contributed by atoms with Gasteiger partial charge in [0.05, 0.1) is 12.1 Å². The molecule has 2 aromatic heterocycles. The Balaban J connectivity index is 1.23. The number of carbonyl (C=O) groups is 1. The van der Waals surface area contributed by atoms with Crippen LogP contribution in [0, 0.1) is 5.82 Å². The number of benzene rings is 2. The van der Waals surface area contributed by atoms with Crippen LogP contribution in [0.25, 0.3) is 22.2 Å². The van der Waals surface area contributed by atoms with Gasteiger partial charge in [0.15, 0.2) is 0 Å². The number of H-pyrrole nitrogens is 1. The number of hydrogen-bond donors (Lipinski definition) is 1. The first kappa shape index (κ1) is 19.2. The molecule has 1 fully saturated rings.